The molecule has 10 aromatic carbocycles. The van der Waals surface area contributed by atoms with Gasteiger partial charge >= 0.3 is 0 Å². The highest BCUT2D eigenvalue weighted by molar-refractivity contribution is 5.85. The Balaban J connectivity index is 0.936. The highest BCUT2D eigenvalue weighted by Gasteiger charge is 2.19. The summed E-state index contributed by atoms with van der Waals surface area (Å²) in [6.45, 7) is 0. The van der Waals surface area contributed by atoms with Crippen molar-refractivity contribution < 1.29 is 7.48 Å². The zero-order chi connectivity index (χ0) is 45.4. The molecule has 0 aliphatic carbocycles. The van der Waals surface area contributed by atoms with Gasteiger partial charge in [0.15, 0.2) is 0 Å². The molecule has 312 valence electrons. The highest BCUT2D eigenvalue weighted by Crippen LogP contribution is 2.43. The molecule has 0 heterocycles. The van der Waals surface area contributed by atoms with E-state index in [2.05, 4.69) is 165 Å². The van der Waals surface area contributed by atoms with Crippen LogP contribution in [0.3, 0.4) is 0 Å². The van der Waals surface area contributed by atoms with Crippen LogP contribution in [0.4, 0.5) is 68.2 Å². The summed E-state index contributed by atoms with van der Waals surface area (Å²) in [7, 11) is 0. The van der Waals surface area contributed by atoms with E-state index in [1.165, 1.54) is 0 Å². The van der Waals surface area contributed by atoms with E-state index in [1.807, 2.05) is 109 Å². The Hall–Kier alpha value is -8.80. The third-order valence-electron chi connectivity index (χ3n) is 11.1. The number of anilines is 12. The zero-order valence-electron chi connectivity index (χ0n) is 37.6. The van der Waals surface area contributed by atoms with Crippen molar-refractivity contribution in [2.24, 2.45) is 0 Å². The highest BCUT2D eigenvalue weighted by atomic mass is 16.5. The first kappa shape index (κ1) is 37.9. The number of hydrogen-bond acceptors (Lipinski definition) is 5. The Morgan fingerprint density at radius 2 is 0.446 bits per heavy atom. The van der Waals surface area contributed by atoms with E-state index < -0.39 is 0 Å². The SMILES string of the molecule is [3H]c1cccc(N(c2ccccc2)c2cccc(N(c3ccccc3)c3ccc(Oc4ccc(N(c5ccccc5)c5cccc(N(c6ccccc6)c6cccc([3H])c6)c5)cc4)cc3)c2)c1. The molecule has 0 spiro atoms. The van der Waals surface area contributed by atoms with E-state index in [4.69, 9.17) is 7.48 Å². The Kier molecular flexibility index (Phi) is 11.1. The molecular weight excluding hydrogens is 793 g/mol. The molecule has 0 bridgehead atoms. The van der Waals surface area contributed by atoms with Crippen LogP contribution in [0.15, 0.2) is 279 Å². The number of rotatable bonds is 14. The molecule has 0 atom stereocenters. The predicted octanol–water partition coefficient (Wildman–Crippen LogP) is 17.4. The number of nitrogens with zero attached hydrogens (tertiary/aromatic N) is 4. The van der Waals surface area contributed by atoms with Gasteiger partial charge in [0.05, 0.1) is 2.74 Å². The van der Waals surface area contributed by atoms with E-state index in [-0.39, 0.29) is 0 Å². The predicted molar refractivity (Wildman–Crippen MR) is 272 cm³/mol. The Morgan fingerprint density at radius 3 is 0.723 bits per heavy atom. The summed E-state index contributed by atoms with van der Waals surface area (Å²) in [5.74, 6) is 1.43. The monoisotopic (exact) mass is 842 g/mol. The molecular formula is C60H46N4O. The quantitative estimate of drug-likeness (QED) is 0.108. The van der Waals surface area contributed by atoms with Crippen LogP contribution < -0.4 is 24.3 Å². The topological polar surface area (TPSA) is 22.2 Å². The van der Waals surface area contributed by atoms with Crippen LogP contribution in [-0.4, -0.2) is 0 Å². The summed E-state index contributed by atoms with van der Waals surface area (Å²) in [4.78, 5) is 8.85. The molecule has 10 aromatic rings. The lowest BCUT2D eigenvalue weighted by atomic mass is 10.1. The van der Waals surface area contributed by atoms with Crippen molar-refractivity contribution in [1.29, 1.82) is 0 Å². The second-order valence-corrected chi connectivity index (χ2v) is 15.3. The van der Waals surface area contributed by atoms with E-state index in [1.54, 1.807) is 12.1 Å². The maximum atomic E-state index is 8.39. The fourth-order valence-electron chi connectivity index (χ4n) is 8.15. The zero-order valence-corrected chi connectivity index (χ0v) is 35.6. The first-order chi connectivity index (χ1) is 33.0. The van der Waals surface area contributed by atoms with Crippen molar-refractivity contribution in [3.63, 3.8) is 0 Å². The van der Waals surface area contributed by atoms with Gasteiger partial charge < -0.3 is 24.3 Å². The van der Waals surface area contributed by atoms with Gasteiger partial charge in [0.2, 0.25) is 0 Å². The molecule has 0 saturated carbocycles. The van der Waals surface area contributed by atoms with E-state index in [9.17, 15) is 0 Å². The van der Waals surface area contributed by atoms with E-state index >= 15 is 0 Å². The van der Waals surface area contributed by atoms with Gasteiger partial charge in [-0.2, -0.15) is 0 Å². The normalized spacial score (nSPS) is 11.2. The average molecular weight is 843 g/mol. The lowest BCUT2D eigenvalue weighted by molar-refractivity contribution is 0.483. The minimum absolute atomic E-state index is 0.453. The molecule has 0 unspecified atom stereocenters. The third-order valence-corrected chi connectivity index (χ3v) is 11.1. The van der Waals surface area contributed by atoms with Gasteiger partial charge in [-0.25, -0.2) is 0 Å². The molecule has 0 aromatic heterocycles. The van der Waals surface area contributed by atoms with Crippen LogP contribution in [0, 0.1) is 0 Å². The van der Waals surface area contributed by atoms with Gasteiger partial charge in [-0.3, -0.25) is 0 Å². The van der Waals surface area contributed by atoms with Crippen LogP contribution in [0.2, 0.25) is 0 Å². The second-order valence-electron chi connectivity index (χ2n) is 15.3. The van der Waals surface area contributed by atoms with Crippen LogP contribution in [0.25, 0.3) is 0 Å². The van der Waals surface area contributed by atoms with Crippen LogP contribution in [-0.2, 0) is 0 Å². The summed E-state index contributed by atoms with van der Waals surface area (Å²) in [5, 5.41) is 0. The molecule has 0 saturated heterocycles. The number of hydrogen-bond donors (Lipinski definition) is 0. The van der Waals surface area contributed by atoms with Crippen LogP contribution in [0.5, 0.6) is 11.5 Å². The average Bonchev–Trinajstić information content (AvgIpc) is 3.37. The Labute approximate surface area is 384 Å². The lowest BCUT2D eigenvalue weighted by Gasteiger charge is -2.29. The number of benzene rings is 10. The summed E-state index contributed by atoms with van der Waals surface area (Å²) in [5.41, 5.74) is 11.8. The molecule has 0 aliphatic heterocycles. The van der Waals surface area contributed by atoms with E-state index in [0.717, 1.165) is 68.2 Å². The molecule has 10 rings (SSSR count). The summed E-state index contributed by atoms with van der Waals surface area (Å²) in [6, 6.07) is 90.9. The largest absolute Gasteiger partial charge is 0.457 e. The summed E-state index contributed by atoms with van der Waals surface area (Å²) >= 11 is 0. The Morgan fingerprint density at radius 1 is 0.215 bits per heavy atom. The maximum absolute atomic E-state index is 8.39. The maximum Gasteiger partial charge on any atom is 0.127 e. The molecule has 0 aliphatic rings. The molecule has 0 fully saturated rings. The van der Waals surface area contributed by atoms with Gasteiger partial charge in [0, 0.05) is 68.2 Å². The molecule has 5 nitrogen and oxygen atoms in total. The molecule has 0 radical (unpaired) electrons. The Bertz CT molecular complexity index is 2970. The minimum atomic E-state index is 0.453. The van der Waals surface area contributed by atoms with Crippen molar-refractivity contribution in [3.05, 3.63) is 279 Å². The van der Waals surface area contributed by atoms with Crippen molar-refractivity contribution in [3.8, 4) is 11.5 Å². The smallest absolute Gasteiger partial charge is 0.127 e. The molecule has 5 heteroatoms. The third kappa shape index (κ3) is 9.08. The molecule has 65 heavy (non-hydrogen) atoms. The lowest BCUT2D eigenvalue weighted by Crippen LogP contribution is -2.13. The van der Waals surface area contributed by atoms with Crippen molar-refractivity contribution in [1.82, 2.24) is 0 Å². The van der Waals surface area contributed by atoms with Gasteiger partial charge in [0.1, 0.15) is 11.5 Å². The van der Waals surface area contributed by atoms with Gasteiger partial charge in [-0.1, -0.05) is 121 Å². The summed E-state index contributed by atoms with van der Waals surface area (Å²) < 4.78 is 23.3. The summed E-state index contributed by atoms with van der Waals surface area (Å²) in [6.07, 6.45) is 0. The van der Waals surface area contributed by atoms with E-state index in [0.29, 0.717) is 23.6 Å². The first-order valence-electron chi connectivity index (χ1n) is 22.7. The minimum Gasteiger partial charge on any atom is -0.457 e. The number of para-hydroxylation sites is 6. The van der Waals surface area contributed by atoms with Crippen molar-refractivity contribution in [2.45, 2.75) is 0 Å². The van der Waals surface area contributed by atoms with Crippen molar-refractivity contribution >= 4 is 68.2 Å². The van der Waals surface area contributed by atoms with Crippen LogP contribution >= 0.6 is 0 Å². The first-order valence-corrected chi connectivity index (χ1v) is 21.7. The second kappa shape index (κ2) is 19.1. The van der Waals surface area contributed by atoms with Crippen LogP contribution in [0.1, 0.15) is 2.74 Å². The fraction of sp³-hybridized carbons (Fsp3) is 0. The fourth-order valence-corrected chi connectivity index (χ4v) is 8.15. The van der Waals surface area contributed by atoms with Gasteiger partial charge in [-0.15, -0.1) is 0 Å². The standard InChI is InChI=1S/C60H46N4O/c1-7-21-47(22-8-1)61(48-23-9-2-10-24-48)55-33-19-35-57(45-55)63(51-29-15-5-16-30-51)53-37-41-59(42-38-53)65-60-43-39-54(40-44-60)64(52-31-17-6-18-32-52)58-36-20-34-56(46-58)62(49-25-11-3-12-26-49)50-27-13-4-14-28-50/h1-46H/i7T,11T. The molecule has 0 N–H and O–H groups in total. The van der Waals surface area contributed by atoms with Gasteiger partial charge in [-0.05, 0) is 158 Å². The molecule has 0 amide bonds. The number of ether oxygens (including phenoxy) is 1. The van der Waals surface area contributed by atoms with Gasteiger partial charge in [0.25, 0.3) is 0 Å². The van der Waals surface area contributed by atoms with Crippen molar-refractivity contribution in [2.75, 3.05) is 19.6 Å².